The molecule has 0 aliphatic carbocycles. The third-order valence-corrected chi connectivity index (χ3v) is 3.36. The average Bonchev–Trinajstić information content (AvgIpc) is 2.47. The van der Waals surface area contributed by atoms with Crippen molar-refractivity contribution in [3.63, 3.8) is 0 Å². The van der Waals surface area contributed by atoms with E-state index >= 15 is 0 Å². The predicted octanol–water partition coefficient (Wildman–Crippen LogP) is 3.12. The van der Waals surface area contributed by atoms with E-state index in [4.69, 9.17) is 11.0 Å². The lowest BCUT2D eigenvalue weighted by Gasteiger charge is -1.95. The van der Waals surface area contributed by atoms with Crippen LogP contribution in [0.25, 0.3) is 10.1 Å². The van der Waals surface area contributed by atoms with Gasteiger partial charge in [-0.25, -0.2) is 0 Å². The Hall–Kier alpha value is -1.05. The van der Waals surface area contributed by atoms with Gasteiger partial charge < -0.3 is 5.73 Å². The molecule has 0 unspecified atom stereocenters. The minimum Gasteiger partial charge on any atom is -0.399 e. The molecule has 2 aromatic rings. The van der Waals surface area contributed by atoms with Gasteiger partial charge in [-0.3, -0.25) is 0 Å². The Bertz CT molecular complexity index is 510. The fourth-order valence-electron chi connectivity index (χ4n) is 1.17. The Kier molecular flexibility index (Phi) is 1.98. The number of fused-ring (bicyclic) bond motifs is 1. The maximum atomic E-state index is 8.71. The van der Waals surface area contributed by atoms with Crippen LogP contribution in [0.1, 0.15) is 4.88 Å². The van der Waals surface area contributed by atoms with Crippen molar-refractivity contribution in [3.8, 4) is 6.07 Å². The highest BCUT2D eigenvalue weighted by Gasteiger charge is 2.05. The molecule has 0 saturated heterocycles. The predicted molar refractivity (Wildman–Crippen MR) is 58.7 cm³/mol. The molecule has 64 valence electrons. The Morgan fingerprint density at radius 2 is 2.15 bits per heavy atom. The molecule has 2 nitrogen and oxygen atoms in total. The van der Waals surface area contributed by atoms with Crippen molar-refractivity contribution >= 4 is 43.0 Å². The quantitative estimate of drug-likeness (QED) is 0.733. The van der Waals surface area contributed by atoms with E-state index in [-0.39, 0.29) is 0 Å². The van der Waals surface area contributed by atoms with Gasteiger partial charge in [-0.15, -0.1) is 11.3 Å². The van der Waals surface area contributed by atoms with Gasteiger partial charge in [0.1, 0.15) is 10.9 Å². The van der Waals surface area contributed by atoms with Crippen LogP contribution >= 0.6 is 27.3 Å². The molecule has 0 fully saturated rings. The Labute approximate surface area is 87.7 Å². The maximum absolute atomic E-state index is 8.71. The van der Waals surface area contributed by atoms with E-state index in [0.29, 0.717) is 10.6 Å². The highest BCUT2D eigenvalue weighted by atomic mass is 79.9. The van der Waals surface area contributed by atoms with Gasteiger partial charge >= 0.3 is 0 Å². The van der Waals surface area contributed by atoms with Crippen LogP contribution in [-0.2, 0) is 0 Å². The second-order valence-corrected chi connectivity index (χ2v) is 4.58. The van der Waals surface area contributed by atoms with Crippen LogP contribution in [0.5, 0.6) is 0 Å². The molecule has 0 saturated carbocycles. The molecular formula is C9H5BrN2S. The molecular weight excluding hydrogens is 248 g/mol. The minimum absolute atomic E-state index is 0.710. The lowest BCUT2D eigenvalue weighted by atomic mass is 10.2. The highest BCUT2D eigenvalue weighted by molar-refractivity contribution is 9.10. The molecule has 0 bridgehead atoms. The number of nitrogens with two attached hydrogens (primary N) is 1. The number of nitrogen functional groups attached to an aromatic ring is 1. The van der Waals surface area contributed by atoms with Gasteiger partial charge in [0, 0.05) is 20.2 Å². The van der Waals surface area contributed by atoms with E-state index in [9.17, 15) is 0 Å². The normalized spacial score (nSPS) is 10.2. The van der Waals surface area contributed by atoms with Crippen LogP contribution in [0, 0.1) is 11.3 Å². The molecule has 1 aromatic heterocycles. The zero-order valence-corrected chi connectivity index (χ0v) is 8.95. The van der Waals surface area contributed by atoms with Crippen LogP contribution in [0.4, 0.5) is 5.69 Å². The summed E-state index contributed by atoms with van der Waals surface area (Å²) in [7, 11) is 0. The van der Waals surface area contributed by atoms with Crippen LogP contribution in [0.3, 0.4) is 0 Å². The largest absolute Gasteiger partial charge is 0.399 e. The summed E-state index contributed by atoms with van der Waals surface area (Å²) < 4.78 is 1.99. The van der Waals surface area contributed by atoms with Crippen LogP contribution < -0.4 is 5.73 Å². The SMILES string of the molecule is N#Cc1cc2c(Br)cc(N)cc2s1. The van der Waals surface area contributed by atoms with Crippen LogP contribution in [0.15, 0.2) is 22.7 Å². The number of nitrogens with zero attached hydrogens (tertiary/aromatic N) is 1. The van der Waals surface area contributed by atoms with Crippen molar-refractivity contribution in [2.45, 2.75) is 0 Å². The summed E-state index contributed by atoms with van der Waals surface area (Å²) in [5.41, 5.74) is 6.38. The summed E-state index contributed by atoms with van der Waals surface area (Å²) >= 11 is 4.86. The molecule has 2 N–H and O–H groups in total. The van der Waals surface area contributed by atoms with E-state index < -0.39 is 0 Å². The standard InChI is InChI=1S/C9H5BrN2S/c10-8-1-5(12)2-9-7(8)3-6(4-11)13-9/h1-3H,12H2. The van der Waals surface area contributed by atoms with Crippen molar-refractivity contribution in [1.29, 1.82) is 5.26 Å². The van der Waals surface area contributed by atoms with E-state index in [0.717, 1.165) is 14.6 Å². The van der Waals surface area contributed by atoms with E-state index in [2.05, 4.69) is 22.0 Å². The monoisotopic (exact) mass is 252 g/mol. The van der Waals surface area contributed by atoms with Gasteiger partial charge in [-0.1, -0.05) is 15.9 Å². The third-order valence-electron chi connectivity index (χ3n) is 1.72. The lowest BCUT2D eigenvalue weighted by molar-refractivity contribution is 1.52. The lowest BCUT2D eigenvalue weighted by Crippen LogP contribution is -1.82. The van der Waals surface area contributed by atoms with Crippen molar-refractivity contribution in [2.24, 2.45) is 0 Å². The number of anilines is 1. The Morgan fingerprint density at radius 1 is 1.38 bits per heavy atom. The third kappa shape index (κ3) is 1.41. The number of thiophene rings is 1. The number of hydrogen-bond acceptors (Lipinski definition) is 3. The molecule has 2 rings (SSSR count). The molecule has 0 aliphatic heterocycles. The summed E-state index contributed by atoms with van der Waals surface area (Å²) in [6.07, 6.45) is 0. The van der Waals surface area contributed by atoms with Gasteiger partial charge in [-0.05, 0) is 18.2 Å². The first-order chi connectivity index (χ1) is 6.20. The summed E-state index contributed by atoms with van der Waals surface area (Å²) in [4.78, 5) is 0.710. The molecule has 0 radical (unpaired) electrons. The molecule has 13 heavy (non-hydrogen) atoms. The molecule has 1 heterocycles. The minimum atomic E-state index is 0.710. The maximum Gasteiger partial charge on any atom is 0.110 e. The fourth-order valence-corrected chi connectivity index (χ4v) is 2.83. The molecule has 0 spiro atoms. The van der Waals surface area contributed by atoms with Crippen LogP contribution in [-0.4, -0.2) is 0 Å². The number of nitriles is 1. The molecule has 0 amide bonds. The van der Waals surface area contributed by atoms with Crippen molar-refractivity contribution in [3.05, 3.63) is 27.5 Å². The van der Waals surface area contributed by atoms with Gasteiger partial charge in [0.2, 0.25) is 0 Å². The molecule has 0 atom stereocenters. The van der Waals surface area contributed by atoms with E-state index in [1.165, 1.54) is 11.3 Å². The topological polar surface area (TPSA) is 49.8 Å². The van der Waals surface area contributed by atoms with Crippen molar-refractivity contribution in [2.75, 3.05) is 5.73 Å². The average molecular weight is 253 g/mol. The first-order valence-electron chi connectivity index (χ1n) is 3.59. The zero-order valence-electron chi connectivity index (χ0n) is 6.54. The van der Waals surface area contributed by atoms with E-state index in [1.807, 2.05) is 18.2 Å². The van der Waals surface area contributed by atoms with Gasteiger partial charge in [0.25, 0.3) is 0 Å². The Balaban J connectivity index is 2.84. The first kappa shape index (κ1) is 8.54. The number of rotatable bonds is 0. The zero-order chi connectivity index (χ0) is 9.42. The van der Waals surface area contributed by atoms with Gasteiger partial charge in [0.15, 0.2) is 0 Å². The van der Waals surface area contributed by atoms with Crippen LogP contribution in [0.2, 0.25) is 0 Å². The van der Waals surface area contributed by atoms with Gasteiger partial charge in [-0.2, -0.15) is 5.26 Å². The molecule has 0 aliphatic rings. The second kappa shape index (κ2) is 3.02. The molecule has 4 heteroatoms. The fraction of sp³-hybridized carbons (Fsp3) is 0. The number of halogens is 1. The molecule has 1 aromatic carbocycles. The number of hydrogen-bond donors (Lipinski definition) is 1. The summed E-state index contributed by atoms with van der Waals surface area (Å²) in [6, 6.07) is 7.71. The summed E-state index contributed by atoms with van der Waals surface area (Å²) in [5, 5.41) is 9.76. The first-order valence-corrected chi connectivity index (χ1v) is 5.20. The van der Waals surface area contributed by atoms with Crippen molar-refractivity contribution < 1.29 is 0 Å². The summed E-state index contributed by atoms with van der Waals surface area (Å²) in [5.74, 6) is 0. The Morgan fingerprint density at radius 3 is 2.85 bits per heavy atom. The number of benzene rings is 1. The van der Waals surface area contributed by atoms with Crippen molar-refractivity contribution in [1.82, 2.24) is 0 Å². The van der Waals surface area contributed by atoms with E-state index in [1.54, 1.807) is 0 Å². The highest BCUT2D eigenvalue weighted by Crippen LogP contribution is 2.33. The second-order valence-electron chi connectivity index (χ2n) is 2.64. The van der Waals surface area contributed by atoms with Gasteiger partial charge in [0.05, 0.1) is 0 Å². The summed E-state index contributed by atoms with van der Waals surface area (Å²) in [6.45, 7) is 0. The smallest absolute Gasteiger partial charge is 0.110 e.